The fourth-order valence-electron chi connectivity index (χ4n) is 2.65. The third-order valence-electron chi connectivity index (χ3n) is 3.95. The molecule has 0 bridgehead atoms. The first-order valence-corrected chi connectivity index (χ1v) is 6.99. The standard InChI is InChI=1S/C15H24N2O3/c1-4-9-16(10-5-2)14(20)17-11-7-8-15(6-3,12-17)13(18)19/h4-5H,1-2,6-12H2,3H3,(H,18,19). The van der Waals surface area contributed by atoms with Gasteiger partial charge in [-0.25, -0.2) is 4.79 Å². The maximum absolute atomic E-state index is 12.5. The SMILES string of the molecule is C=CCN(CC=C)C(=O)N1CCCC(CC)(C(=O)O)C1. The zero-order chi connectivity index (χ0) is 15.2. The van der Waals surface area contributed by atoms with Gasteiger partial charge in [-0.3, -0.25) is 4.79 Å². The number of carboxylic acids is 1. The van der Waals surface area contributed by atoms with Crippen molar-refractivity contribution in [2.75, 3.05) is 26.2 Å². The molecule has 1 fully saturated rings. The van der Waals surface area contributed by atoms with E-state index < -0.39 is 11.4 Å². The number of hydrogen-bond acceptors (Lipinski definition) is 2. The summed E-state index contributed by atoms with van der Waals surface area (Å²) in [5.74, 6) is -0.809. The minimum Gasteiger partial charge on any atom is -0.481 e. The maximum atomic E-state index is 12.5. The zero-order valence-electron chi connectivity index (χ0n) is 12.2. The van der Waals surface area contributed by atoms with Gasteiger partial charge >= 0.3 is 12.0 Å². The molecule has 1 unspecified atom stereocenters. The van der Waals surface area contributed by atoms with E-state index in [0.29, 0.717) is 32.5 Å². The number of hydrogen-bond donors (Lipinski definition) is 1. The Hall–Kier alpha value is -1.78. The number of aliphatic carboxylic acids is 1. The lowest BCUT2D eigenvalue weighted by atomic mass is 9.78. The predicted molar refractivity (Wildman–Crippen MR) is 78.5 cm³/mol. The van der Waals surface area contributed by atoms with Gasteiger partial charge in [-0.1, -0.05) is 19.1 Å². The van der Waals surface area contributed by atoms with Crippen LogP contribution < -0.4 is 0 Å². The van der Waals surface area contributed by atoms with E-state index in [0.717, 1.165) is 6.42 Å². The molecular weight excluding hydrogens is 256 g/mol. The first-order valence-electron chi connectivity index (χ1n) is 6.99. The first-order chi connectivity index (χ1) is 9.50. The molecule has 0 saturated carbocycles. The second-order valence-corrected chi connectivity index (χ2v) is 5.23. The zero-order valence-corrected chi connectivity index (χ0v) is 12.2. The normalized spacial score (nSPS) is 22.1. The topological polar surface area (TPSA) is 60.9 Å². The van der Waals surface area contributed by atoms with Crippen LogP contribution in [-0.4, -0.2) is 53.1 Å². The lowest BCUT2D eigenvalue weighted by molar-refractivity contribution is -0.152. The van der Waals surface area contributed by atoms with Crippen molar-refractivity contribution in [3.05, 3.63) is 25.3 Å². The summed E-state index contributed by atoms with van der Waals surface area (Å²) in [5, 5.41) is 9.45. The van der Waals surface area contributed by atoms with E-state index in [1.54, 1.807) is 22.0 Å². The van der Waals surface area contributed by atoms with E-state index in [4.69, 9.17) is 0 Å². The number of urea groups is 1. The van der Waals surface area contributed by atoms with Crippen LogP contribution >= 0.6 is 0 Å². The summed E-state index contributed by atoms with van der Waals surface area (Å²) in [6.45, 7) is 10.9. The molecule has 0 radical (unpaired) electrons. The largest absolute Gasteiger partial charge is 0.481 e. The smallest absolute Gasteiger partial charge is 0.320 e. The van der Waals surface area contributed by atoms with Gasteiger partial charge in [-0.15, -0.1) is 13.2 Å². The summed E-state index contributed by atoms with van der Waals surface area (Å²) in [4.78, 5) is 27.2. The molecule has 0 aromatic carbocycles. The Labute approximate surface area is 120 Å². The van der Waals surface area contributed by atoms with Crippen molar-refractivity contribution in [3.63, 3.8) is 0 Å². The van der Waals surface area contributed by atoms with Crippen LogP contribution in [0.2, 0.25) is 0 Å². The molecule has 1 atom stereocenters. The Kier molecular flexibility index (Phi) is 5.80. The van der Waals surface area contributed by atoms with Crippen LogP contribution in [0.3, 0.4) is 0 Å². The number of piperidine rings is 1. The van der Waals surface area contributed by atoms with Crippen molar-refractivity contribution < 1.29 is 14.7 Å². The second kappa shape index (κ2) is 7.12. The Morgan fingerprint density at radius 3 is 2.40 bits per heavy atom. The second-order valence-electron chi connectivity index (χ2n) is 5.23. The quantitative estimate of drug-likeness (QED) is 0.760. The first kappa shape index (κ1) is 16.3. The van der Waals surface area contributed by atoms with Crippen LogP contribution in [0.25, 0.3) is 0 Å². The minimum atomic E-state index is -0.809. The minimum absolute atomic E-state index is 0.136. The molecule has 20 heavy (non-hydrogen) atoms. The lowest BCUT2D eigenvalue weighted by Gasteiger charge is -2.41. The van der Waals surface area contributed by atoms with Crippen molar-refractivity contribution in [2.45, 2.75) is 26.2 Å². The summed E-state index contributed by atoms with van der Waals surface area (Å²) < 4.78 is 0. The average Bonchev–Trinajstić information content (AvgIpc) is 2.46. The number of carbonyl (C=O) groups excluding carboxylic acids is 1. The van der Waals surface area contributed by atoms with E-state index in [-0.39, 0.29) is 12.6 Å². The Balaban J connectivity index is 2.84. The van der Waals surface area contributed by atoms with Gasteiger partial charge in [0, 0.05) is 26.2 Å². The third-order valence-corrected chi connectivity index (χ3v) is 3.95. The van der Waals surface area contributed by atoms with Crippen LogP contribution in [0, 0.1) is 5.41 Å². The molecule has 0 aromatic rings. The number of likely N-dealkylation sites (tertiary alicyclic amines) is 1. The van der Waals surface area contributed by atoms with Crippen molar-refractivity contribution in [1.29, 1.82) is 0 Å². The molecule has 1 N–H and O–H groups in total. The van der Waals surface area contributed by atoms with Gasteiger partial charge in [0.25, 0.3) is 0 Å². The van der Waals surface area contributed by atoms with Gasteiger partial charge in [-0.05, 0) is 19.3 Å². The molecule has 5 nitrogen and oxygen atoms in total. The summed E-state index contributed by atoms with van der Waals surface area (Å²) in [6.07, 6.45) is 5.22. The molecule has 0 spiro atoms. The number of rotatable bonds is 6. The highest BCUT2D eigenvalue weighted by Crippen LogP contribution is 2.34. The number of amides is 2. The van der Waals surface area contributed by atoms with Crippen molar-refractivity contribution in [2.24, 2.45) is 5.41 Å². The number of carbonyl (C=O) groups is 2. The Morgan fingerprint density at radius 1 is 1.35 bits per heavy atom. The summed E-state index contributed by atoms with van der Waals surface area (Å²) in [6, 6.07) is -0.136. The van der Waals surface area contributed by atoms with E-state index in [1.165, 1.54) is 0 Å². The van der Waals surface area contributed by atoms with Crippen LogP contribution in [-0.2, 0) is 4.79 Å². The monoisotopic (exact) mass is 280 g/mol. The maximum Gasteiger partial charge on any atom is 0.320 e. The highest BCUT2D eigenvalue weighted by molar-refractivity contribution is 5.79. The van der Waals surface area contributed by atoms with Gasteiger partial charge in [-0.2, -0.15) is 0 Å². The molecule has 1 aliphatic rings. The molecule has 1 rings (SSSR count). The van der Waals surface area contributed by atoms with Crippen molar-refractivity contribution in [1.82, 2.24) is 9.80 Å². The summed E-state index contributed by atoms with van der Waals surface area (Å²) in [7, 11) is 0. The molecule has 5 heteroatoms. The molecule has 0 aliphatic carbocycles. The lowest BCUT2D eigenvalue weighted by Crippen LogP contribution is -2.53. The molecule has 1 heterocycles. The average molecular weight is 280 g/mol. The number of nitrogens with zero attached hydrogens (tertiary/aromatic N) is 2. The third kappa shape index (κ3) is 3.40. The van der Waals surface area contributed by atoms with E-state index in [1.807, 2.05) is 6.92 Å². The van der Waals surface area contributed by atoms with Gasteiger partial charge in [0.2, 0.25) is 0 Å². The molecular formula is C15H24N2O3. The van der Waals surface area contributed by atoms with Crippen LogP contribution in [0.15, 0.2) is 25.3 Å². The fraction of sp³-hybridized carbons (Fsp3) is 0.600. The van der Waals surface area contributed by atoms with Crippen molar-refractivity contribution in [3.8, 4) is 0 Å². The van der Waals surface area contributed by atoms with E-state index >= 15 is 0 Å². The highest BCUT2D eigenvalue weighted by atomic mass is 16.4. The Bertz CT molecular complexity index is 385. The van der Waals surface area contributed by atoms with Gasteiger partial charge in [0.1, 0.15) is 0 Å². The molecule has 1 saturated heterocycles. The Morgan fingerprint density at radius 2 is 1.95 bits per heavy atom. The molecule has 0 aromatic heterocycles. The van der Waals surface area contributed by atoms with E-state index in [2.05, 4.69) is 13.2 Å². The van der Waals surface area contributed by atoms with Gasteiger partial charge in [0.15, 0.2) is 0 Å². The van der Waals surface area contributed by atoms with E-state index in [9.17, 15) is 14.7 Å². The van der Waals surface area contributed by atoms with Crippen LogP contribution in [0.4, 0.5) is 4.79 Å². The molecule has 1 aliphatic heterocycles. The summed E-state index contributed by atoms with van der Waals surface area (Å²) >= 11 is 0. The van der Waals surface area contributed by atoms with Crippen molar-refractivity contribution >= 4 is 12.0 Å². The summed E-state index contributed by atoms with van der Waals surface area (Å²) in [5.41, 5.74) is -0.804. The molecule has 112 valence electrons. The van der Waals surface area contributed by atoms with Gasteiger partial charge in [0.05, 0.1) is 5.41 Å². The van der Waals surface area contributed by atoms with Crippen LogP contribution in [0.5, 0.6) is 0 Å². The number of carboxylic acid groups (broad SMARTS) is 1. The predicted octanol–water partition coefficient (Wildman–Crippen LogP) is 2.36. The fourth-order valence-corrected chi connectivity index (χ4v) is 2.65. The van der Waals surface area contributed by atoms with Crippen LogP contribution in [0.1, 0.15) is 26.2 Å². The highest BCUT2D eigenvalue weighted by Gasteiger charge is 2.42. The molecule has 2 amide bonds. The van der Waals surface area contributed by atoms with Gasteiger partial charge < -0.3 is 14.9 Å².